The molecular weight excluding hydrogens is 302 g/mol. The highest BCUT2D eigenvalue weighted by atomic mass is 16.5. The van der Waals surface area contributed by atoms with E-state index in [-0.39, 0.29) is 5.91 Å². The second-order valence-corrected chi connectivity index (χ2v) is 6.10. The maximum atomic E-state index is 12.3. The van der Waals surface area contributed by atoms with Gasteiger partial charge < -0.3 is 15.4 Å². The molecule has 2 aromatic rings. The molecule has 126 valence electrons. The molecular formula is C19H23N3O2. The standard InChI is InChI=1S/C19H23N3O2/c23-19(22-13-15-4-2-8-20-11-15)17-6-1-7-18(10-17)24-14-16-5-3-9-21-12-16/h1,3,5-7,9-10,12,15,20H,2,4,8,11,13-14H2,(H,22,23). The highest BCUT2D eigenvalue weighted by Gasteiger charge is 2.14. The van der Waals surface area contributed by atoms with Crippen LogP contribution in [0.3, 0.4) is 0 Å². The Balaban J connectivity index is 1.52. The van der Waals surface area contributed by atoms with E-state index in [9.17, 15) is 4.79 Å². The highest BCUT2D eigenvalue weighted by molar-refractivity contribution is 5.94. The van der Waals surface area contributed by atoms with Crippen molar-refractivity contribution in [1.82, 2.24) is 15.6 Å². The van der Waals surface area contributed by atoms with Crippen molar-refractivity contribution in [1.29, 1.82) is 0 Å². The Bertz CT molecular complexity index is 655. The molecule has 0 spiro atoms. The van der Waals surface area contributed by atoms with Gasteiger partial charge in [-0.25, -0.2) is 0 Å². The van der Waals surface area contributed by atoms with Crippen LogP contribution in [-0.4, -0.2) is 30.5 Å². The van der Waals surface area contributed by atoms with E-state index in [4.69, 9.17) is 4.74 Å². The fourth-order valence-electron chi connectivity index (χ4n) is 2.81. The van der Waals surface area contributed by atoms with Crippen LogP contribution in [0.1, 0.15) is 28.8 Å². The molecule has 0 saturated carbocycles. The maximum Gasteiger partial charge on any atom is 0.251 e. The lowest BCUT2D eigenvalue weighted by atomic mass is 9.99. The fraction of sp³-hybridized carbons (Fsp3) is 0.368. The first-order valence-electron chi connectivity index (χ1n) is 8.42. The van der Waals surface area contributed by atoms with E-state index in [1.165, 1.54) is 12.8 Å². The fourth-order valence-corrected chi connectivity index (χ4v) is 2.81. The molecule has 1 fully saturated rings. The Kier molecular flexibility index (Phi) is 5.80. The molecule has 1 amide bonds. The summed E-state index contributed by atoms with van der Waals surface area (Å²) in [5, 5.41) is 6.39. The van der Waals surface area contributed by atoms with Crippen LogP contribution in [0.25, 0.3) is 0 Å². The second kappa shape index (κ2) is 8.45. The summed E-state index contributed by atoms with van der Waals surface area (Å²) in [5.74, 6) is 1.16. The molecule has 5 nitrogen and oxygen atoms in total. The average Bonchev–Trinajstić information content (AvgIpc) is 2.66. The summed E-state index contributed by atoms with van der Waals surface area (Å²) in [5.41, 5.74) is 1.62. The summed E-state index contributed by atoms with van der Waals surface area (Å²) in [6.45, 7) is 3.22. The lowest BCUT2D eigenvalue weighted by molar-refractivity contribution is 0.0944. The van der Waals surface area contributed by atoms with Crippen LogP contribution in [0.2, 0.25) is 0 Å². The van der Waals surface area contributed by atoms with Crippen LogP contribution in [-0.2, 0) is 6.61 Å². The Morgan fingerprint density at radius 2 is 2.29 bits per heavy atom. The van der Waals surface area contributed by atoms with E-state index < -0.39 is 0 Å². The van der Waals surface area contributed by atoms with Gasteiger partial charge in [-0.05, 0) is 56.1 Å². The van der Waals surface area contributed by atoms with Crippen LogP contribution < -0.4 is 15.4 Å². The van der Waals surface area contributed by atoms with Crippen molar-refractivity contribution < 1.29 is 9.53 Å². The van der Waals surface area contributed by atoms with E-state index in [1.54, 1.807) is 18.5 Å². The number of amides is 1. The van der Waals surface area contributed by atoms with Crippen molar-refractivity contribution in [2.45, 2.75) is 19.4 Å². The summed E-state index contributed by atoms with van der Waals surface area (Å²) in [4.78, 5) is 16.4. The number of carbonyl (C=O) groups excluding carboxylic acids is 1. The smallest absolute Gasteiger partial charge is 0.251 e. The molecule has 24 heavy (non-hydrogen) atoms. The number of ether oxygens (including phenoxy) is 1. The van der Waals surface area contributed by atoms with Crippen molar-refractivity contribution in [3.8, 4) is 5.75 Å². The number of carbonyl (C=O) groups is 1. The third kappa shape index (κ3) is 4.80. The SMILES string of the molecule is O=C(NCC1CCCNC1)c1cccc(OCc2cccnc2)c1. The van der Waals surface area contributed by atoms with Crippen molar-refractivity contribution >= 4 is 5.91 Å². The van der Waals surface area contributed by atoms with Crippen LogP contribution in [0.15, 0.2) is 48.8 Å². The summed E-state index contributed by atoms with van der Waals surface area (Å²) in [6, 6.07) is 11.1. The quantitative estimate of drug-likeness (QED) is 0.856. The monoisotopic (exact) mass is 325 g/mol. The summed E-state index contributed by atoms with van der Waals surface area (Å²) >= 11 is 0. The Labute approximate surface area is 142 Å². The normalized spacial score (nSPS) is 17.2. The summed E-state index contributed by atoms with van der Waals surface area (Å²) in [6.07, 6.45) is 5.85. The van der Waals surface area contributed by atoms with E-state index in [0.29, 0.717) is 30.4 Å². The second-order valence-electron chi connectivity index (χ2n) is 6.10. The maximum absolute atomic E-state index is 12.3. The molecule has 1 atom stereocenters. The molecule has 1 unspecified atom stereocenters. The number of nitrogens with one attached hydrogen (secondary N) is 2. The molecule has 1 aromatic heterocycles. The zero-order chi connectivity index (χ0) is 16.6. The van der Waals surface area contributed by atoms with Gasteiger partial charge in [0.1, 0.15) is 12.4 Å². The molecule has 1 aromatic carbocycles. The van der Waals surface area contributed by atoms with E-state index in [2.05, 4.69) is 15.6 Å². The number of aromatic nitrogens is 1. The molecule has 5 heteroatoms. The number of hydrogen-bond acceptors (Lipinski definition) is 4. The van der Waals surface area contributed by atoms with Crippen LogP contribution in [0.4, 0.5) is 0 Å². The van der Waals surface area contributed by atoms with Gasteiger partial charge in [-0.1, -0.05) is 12.1 Å². The third-order valence-electron chi connectivity index (χ3n) is 4.17. The van der Waals surface area contributed by atoms with E-state index >= 15 is 0 Å². The highest BCUT2D eigenvalue weighted by Crippen LogP contribution is 2.15. The molecule has 3 rings (SSSR count). The molecule has 1 saturated heterocycles. The zero-order valence-electron chi connectivity index (χ0n) is 13.7. The van der Waals surface area contributed by atoms with Crippen molar-refractivity contribution in [3.05, 3.63) is 59.9 Å². The van der Waals surface area contributed by atoms with Gasteiger partial charge in [-0.15, -0.1) is 0 Å². The third-order valence-corrected chi connectivity index (χ3v) is 4.17. The van der Waals surface area contributed by atoms with Crippen LogP contribution >= 0.6 is 0 Å². The first-order valence-corrected chi connectivity index (χ1v) is 8.42. The predicted molar refractivity (Wildman–Crippen MR) is 92.9 cm³/mol. The molecule has 2 heterocycles. The van der Waals surface area contributed by atoms with Gasteiger partial charge in [0, 0.05) is 30.1 Å². The van der Waals surface area contributed by atoms with E-state index in [1.807, 2.05) is 30.3 Å². The summed E-state index contributed by atoms with van der Waals surface area (Å²) in [7, 11) is 0. The Morgan fingerprint density at radius 3 is 3.08 bits per heavy atom. The van der Waals surface area contributed by atoms with Gasteiger partial charge in [-0.3, -0.25) is 9.78 Å². The lowest BCUT2D eigenvalue weighted by Crippen LogP contribution is -2.38. The number of rotatable bonds is 6. The van der Waals surface area contributed by atoms with Crippen LogP contribution in [0, 0.1) is 5.92 Å². The zero-order valence-corrected chi connectivity index (χ0v) is 13.7. The first-order chi connectivity index (χ1) is 11.8. The van der Waals surface area contributed by atoms with Crippen molar-refractivity contribution in [2.75, 3.05) is 19.6 Å². The minimum Gasteiger partial charge on any atom is -0.489 e. The molecule has 0 radical (unpaired) electrons. The van der Waals surface area contributed by atoms with Gasteiger partial charge in [-0.2, -0.15) is 0 Å². The summed E-state index contributed by atoms with van der Waals surface area (Å²) < 4.78 is 5.75. The minimum atomic E-state index is -0.0487. The van der Waals surface area contributed by atoms with Gasteiger partial charge in [0.05, 0.1) is 0 Å². The van der Waals surface area contributed by atoms with Crippen molar-refractivity contribution in [2.24, 2.45) is 5.92 Å². The number of benzene rings is 1. The van der Waals surface area contributed by atoms with Gasteiger partial charge in [0.25, 0.3) is 5.91 Å². The molecule has 1 aliphatic heterocycles. The minimum absolute atomic E-state index is 0.0487. The molecule has 0 aliphatic carbocycles. The largest absolute Gasteiger partial charge is 0.489 e. The van der Waals surface area contributed by atoms with Gasteiger partial charge >= 0.3 is 0 Å². The predicted octanol–water partition coefficient (Wildman–Crippen LogP) is 2.39. The topological polar surface area (TPSA) is 63.2 Å². The number of hydrogen-bond donors (Lipinski definition) is 2. The van der Waals surface area contributed by atoms with Gasteiger partial charge in [0.2, 0.25) is 0 Å². The molecule has 1 aliphatic rings. The number of piperidine rings is 1. The lowest BCUT2D eigenvalue weighted by Gasteiger charge is -2.22. The molecule has 0 bridgehead atoms. The molecule has 2 N–H and O–H groups in total. The van der Waals surface area contributed by atoms with Gasteiger partial charge in [0.15, 0.2) is 0 Å². The van der Waals surface area contributed by atoms with Crippen LogP contribution in [0.5, 0.6) is 5.75 Å². The first kappa shape index (κ1) is 16.5. The Morgan fingerprint density at radius 1 is 1.33 bits per heavy atom. The Hall–Kier alpha value is -2.40. The number of nitrogens with zero attached hydrogens (tertiary/aromatic N) is 1. The number of pyridine rings is 1. The van der Waals surface area contributed by atoms with Crippen molar-refractivity contribution in [3.63, 3.8) is 0 Å². The van der Waals surface area contributed by atoms with E-state index in [0.717, 1.165) is 18.7 Å². The average molecular weight is 325 g/mol.